The second kappa shape index (κ2) is 29.4. The van der Waals surface area contributed by atoms with Crippen LogP contribution in [0.5, 0.6) is 57.5 Å². The molecule has 8 aromatic carbocycles. The minimum Gasteiger partial charge on any atom is -0.497 e. The topological polar surface area (TPSA) is 209 Å². The number of methoxy groups -OCH3 is 4. The van der Waals surface area contributed by atoms with Crippen LogP contribution in [-0.2, 0) is 19.2 Å². The Kier molecular flexibility index (Phi) is 20.3. The van der Waals surface area contributed by atoms with Crippen molar-refractivity contribution in [2.75, 3.05) is 69.7 Å². The van der Waals surface area contributed by atoms with E-state index in [1.54, 1.807) is 28.4 Å². The van der Waals surface area contributed by atoms with E-state index in [-0.39, 0.29) is 72.0 Å². The Morgan fingerprint density at radius 1 is 0.394 bits per heavy atom. The first kappa shape index (κ1) is 65.0. The van der Waals surface area contributed by atoms with Gasteiger partial charge in [-0.1, -0.05) is 99.5 Å². The number of rotatable bonds is 16. The molecule has 488 valence electrons. The Bertz CT molecular complexity index is 4090. The number of amides is 4. The van der Waals surface area contributed by atoms with E-state index in [0.717, 1.165) is 116 Å². The zero-order valence-electron chi connectivity index (χ0n) is 53.1. The number of carbonyl (C=O) groups excluding carboxylic acids is 4. The molecule has 6 aliphatic heterocycles. The zero-order valence-corrected chi connectivity index (χ0v) is 53.1. The molecule has 4 atom stereocenters. The predicted octanol–water partition coefficient (Wildman–Crippen LogP) is 15.1. The fourth-order valence-electron chi connectivity index (χ4n) is 12.4. The molecular formula is C74H74F2N4O14. The summed E-state index contributed by atoms with van der Waals surface area (Å²) in [6, 6.07) is 49.3. The highest BCUT2D eigenvalue weighted by molar-refractivity contribution is 5.98. The zero-order chi connectivity index (χ0) is 65.9. The lowest BCUT2D eigenvalue weighted by molar-refractivity contribution is -0.286. The van der Waals surface area contributed by atoms with Crippen molar-refractivity contribution in [2.24, 2.45) is 0 Å². The molecule has 0 saturated heterocycles. The summed E-state index contributed by atoms with van der Waals surface area (Å²) in [4.78, 5) is 48.5. The third-order valence-corrected chi connectivity index (χ3v) is 16.9. The molecule has 0 radical (unpaired) electrons. The maximum absolute atomic E-state index is 13.4. The van der Waals surface area contributed by atoms with Gasteiger partial charge in [0.1, 0.15) is 34.5 Å². The molecule has 0 fully saturated rings. The van der Waals surface area contributed by atoms with E-state index in [0.29, 0.717) is 55.2 Å². The van der Waals surface area contributed by atoms with Gasteiger partial charge < -0.3 is 68.6 Å². The monoisotopic (exact) mass is 1280 g/mol. The lowest BCUT2D eigenvalue weighted by atomic mass is 9.84. The summed E-state index contributed by atoms with van der Waals surface area (Å²) >= 11 is 0. The molecule has 4 N–H and O–H groups in total. The summed E-state index contributed by atoms with van der Waals surface area (Å²) in [6.07, 6.45) is 1.72. The van der Waals surface area contributed by atoms with E-state index in [2.05, 4.69) is 44.6 Å². The number of benzene rings is 8. The van der Waals surface area contributed by atoms with Crippen LogP contribution in [0.25, 0.3) is 0 Å². The van der Waals surface area contributed by atoms with Crippen LogP contribution in [0.15, 0.2) is 158 Å². The summed E-state index contributed by atoms with van der Waals surface area (Å²) in [7, 11) is 6.58. The average molecular weight is 1280 g/mol. The number of anilines is 4. The second-order valence-corrected chi connectivity index (χ2v) is 22.9. The third kappa shape index (κ3) is 14.7. The van der Waals surface area contributed by atoms with Crippen molar-refractivity contribution in [1.29, 1.82) is 0 Å². The van der Waals surface area contributed by atoms with Crippen LogP contribution in [0, 0.1) is 0 Å². The van der Waals surface area contributed by atoms with E-state index < -0.39 is 6.29 Å². The lowest BCUT2D eigenvalue weighted by Crippen LogP contribution is -2.25. The standard InChI is InChI=1S/C20H19F2NO4.C20H23NO3.C17H15NO4.C17H17NO3/c1-2-3-8-25-16-7-5-4-6-12(16)13-10-19(24)23-15-11-18-17(9-14(13)15)26-20(21,22)27-18;1-3-4-11-24-19-8-6-5-7-15(19)16-13-20(22)21-18-10-9-14(23-2)12-17(16)18;1-20-14-5-3-2-4-10(14)11-7-17(19)18-13-8-16-15(6-12(11)13)21-9-22-16;1-20-11-7-8-15-14(9-11)13(10-17(19)18-15)12-5-3-4-6-16(12)21-2/h4-7,9,11,13H,2-3,8,10H2,1H3,(H,23,24);5-10,12,16H,3-4,11,13H2,1-2H3,(H,21,22);2-6,8,11H,7,9H2,1H3,(H,18,19);3-9,13H,10H2,1-2H3,(H,18,19). The molecule has 0 bridgehead atoms. The van der Waals surface area contributed by atoms with Gasteiger partial charge in [0.15, 0.2) is 23.0 Å². The van der Waals surface area contributed by atoms with Crippen molar-refractivity contribution in [2.45, 2.75) is 95.2 Å². The van der Waals surface area contributed by atoms with Gasteiger partial charge in [-0.15, -0.1) is 8.78 Å². The summed E-state index contributed by atoms with van der Waals surface area (Å²) < 4.78 is 80.2. The Morgan fingerprint density at radius 3 is 1.12 bits per heavy atom. The summed E-state index contributed by atoms with van der Waals surface area (Å²) in [6.45, 7) is 5.70. The molecule has 0 aromatic heterocycles. The number of ether oxygens (including phenoxy) is 10. The Labute approximate surface area is 544 Å². The van der Waals surface area contributed by atoms with E-state index in [9.17, 15) is 28.0 Å². The second-order valence-electron chi connectivity index (χ2n) is 22.9. The highest BCUT2D eigenvalue weighted by Crippen LogP contribution is 2.51. The smallest absolute Gasteiger partial charge is 0.497 e. The van der Waals surface area contributed by atoms with Gasteiger partial charge in [0.25, 0.3) is 0 Å². The van der Waals surface area contributed by atoms with E-state index in [1.807, 2.05) is 146 Å². The van der Waals surface area contributed by atoms with Gasteiger partial charge in [-0.2, -0.15) is 0 Å². The quantitative estimate of drug-likeness (QED) is 0.0664. The van der Waals surface area contributed by atoms with Gasteiger partial charge in [-0.25, -0.2) is 0 Å². The first-order chi connectivity index (χ1) is 45.7. The maximum Gasteiger partial charge on any atom is 0.586 e. The molecule has 8 aromatic rings. The van der Waals surface area contributed by atoms with Gasteiger partial charge in [0.05, 0.1) is 41.7 Å². The van der Waals surface area contributed by atoms with Crippen LogP contribution in [0.4, 0.5) is 31.5 Å². The lowest BCUT2D eigenvalue weighted by Gasteiger charge is -2.27. The van der Waals surface area contributed by atoms with Crippen molar-refractivity contribution in [3.63, 3.8) is 0 Å². The van der Waals surface area contributed by atoms with E-state index >= 15 is 0 Å². The Morgan fingerprint density at radius 2 is 0.723 bits per heavy atom. The Hall–Kier alpha value is -10.5. The Balaban J connectivity index is 0.000000128. The fourth-order valence-corrected chi connectivity index (χ4v) is 12.4. The van der Waals surface area contributed by atoms with Crippen molar-refractivity contribution < 1.29 is 75.3 Å². The molecule has 14 rings (SSSR count). The third-order valence-electron chi connectivity index (χ3n) is 16.9. The number of carbonyl (C=O) groups is 4. The maximum atomic E-state index is 13.4. The fraction of sp³-hybridized carbons (Fsp3) is 0.297. The van der Waals surface area contributed by atoms with Gasteiger partial charge in [-0.05, 0) is 108 Å². The normalized spacial score (nSPS) is 17.8. The number of para-hydroxylation sites is 4. The summed E-state index contributed by atoms with van der Waals surface area (Å²) in [5, 5.41) is 11.5. The molecule has 20 heteroatoms. The van der Waals surface area contributed by atoms with Crippen molar-refractivity contribution in [3.8, 4) is 57.5 Å². The molecule has 6 heterocycles. The van der Waals surface area contributed by atoms with Crippen LogP contribution in [0.2, 0.25) is 0 Å². The molecule has 18 nitrogen and oxygen atoms in total. The minimum absolute atomic E-state index is 0.0118. The molecular weight excluding hydrogens is 1210 g/mol. The largest absolute Gasteiger partial charge is 0.586 e. The number of halogens is 2. The first-order valence-corrected chi connectivity index (χ1v) is 31.3. The molecule has 4 unspecified atom stereocenters. The molecule has 94 heavy (non-hydrogen) atoms. The van der Waals surface area contributed by atoms with Gasteiger partial charge in [0, 0.05) is 106 Å². The predicted molar refractivity (Wildman–Crippen MR) is 351 cm³/mol. The molecule has 4 amide bonds. The number of fused-ring (bicyclic) bond motifs is 6. The van der Waals surface area contributed by atoms with Crippen molar-refractivity contribution >= 4 is 46.4 Å². The van der Waals surface area contributed by atoms with Crippen LogP contribution in [0.3, 0.4) is 0 Å². The van der Waals surface area contributed by atoms with Crippen LogP contribution in [-0.4, -0.2) is 78.4 Å². The molecule has 0 spiro atoms. The number of hydrogen-bond acceptors (Lipinski definition) is 14. The van der Waals surface area contributed by atoms with E-state index in [4.69, 9.17) is 37.9 Å². The minimum atomic E-state index is -3.70. The molecule has 6 aliphatic rings. The highest BCUT2D eigenvalue weighted by atomic mass is 19.3. The van der Waals surface area contributed by atoms with E-state index in [1.165, 1.54) is 12.1 Å². The van der Waals surface area contributed by atoms with Crippen LogP contribution in [0.1, 0.15) is 133 Å². The van der Waals surface area contributed by atoms with Crippen molar-refractivity contribution in [1.82, 2.24) is 0 Å². The van der Waals surface area contributed by atoms with Crippen molar-refractivity contribution in [3.05, 3.63) is 202 Å². The SMILES string of the molecule is CCCCOc1ccccc1C1CC(=O)Nc2cc3c(cc21)OC(F)(F)O3.CCCCOc1ccccc1C1CC(=O)Nc2ccc(OC)cc21.COc1ccc2c(c1)C(c1ccccc1OC)CC(=O)N2.COc1ccccc1C1CC(=O)Nc2cc3c(cc21)OCO3. The van der Waals surface area contributed by atoms with Crippen LogP contribution < -0.4 is 68.6 Å². The van der Waals surface area contributed by atoms with Crippen LogP contribution >= 0.6 is 0 Å². The number of nitrogens with one attached hydrogen (secondary N) is 4. The highest BCUT2D eigenvalue weighted by Gasteiger charge is 2.45. The number of alkyl halides is 2. The van der Waals surface area contributed by atoms with Gasteiger partial charge >= 0.3 is 6.29 Å². The summed E-state index contributed by atoms with van der Waals surface area (Å²) in [5.74, 6) is 5.37. The summed E-state index contributed by atoms with van der Waals surface area (Å²) in [5.41, 5.74) is 10.7. The molecule has 0 aliphatic carbocycles. The van der Waals surface area contributed by atoms with Gasteiger partial charge in [-0.3, -0.25) is 19.2 Å². The average Bonchev–Trinajstić information content (AvgIpc) is 1.40. The first-order valence-electron chi connectivity index (χ1n) is 31.3. The number of unbranched alkanes of at least 4 members (excludes halogenated alkanes) is 2. The number of hydrogen-bond donors (Lipinski definition) is 4. The molecule has 0 saturated carbocycles. The van der Waals surface area contributed by atoms with Gasteiger partial charge in [0.2, 0.25) is 30.4 Å².